The number of aromatic nitrogens is 2. The number of benzene rings is 2. The lowest BCUT2D eigenvalue weighted by atomic mass is 10.2. The lowest BCUT2D eigenvalue weighted by Crippen LogP contribution is -2.11. The molecule has 6 nitrogen and oxygen atoms in total. The van der Waals surface area contributed by atoms with Crippen molar-refractivity contribution in [2.45, 2.75) is 33.0 Å². The van der Waals surface area contributed by atoms with Crippen LogP contribution in [-0.2, 0) is 13.2 Å². The Morgan fingerprint density at radius 1 is 1.25 bits per heavy atom. The van der Waals surface area contributed by atoms with Gasteiger partial charge in [0.05, 0.1) is 17.3 Å². The Balaban J connectivity index is 1.84. The maximum absolute atomic E-state index is 8.56. The summed E-state index contributed by atoms with van der Waals surface area (Å²) in [7, 11) is 0. The van der Waals surface area contributed by atoms with Crippen molar-refractivity contribution in [1.82, 2.24) is 9.78 Å². The molecule has 0 spiro atoms. The van der Waals surface area contributed by atoms with E-state index in [2.05, 4.69) is 15.1 Å². The number of aryl methyl sites for hydroxylation is 1. The van der Waals surface area contributed by atoms with Gasteiger partial charge in [-0.2, -0.15) is 5.10 Å². The molecule has 0 saturated carbocycles. The van der Waals surface area contributed by atoms with Crippen LogP contribution >= 0.6 is 0 Å². The summed E-state index contributed by atoms with van der Waals surface area (Å²) in [5.41, 5.74) is 11.6. The van der Waals surface area contributed by atoms with Gasteiger partial charge in [0.25, 0.3) is 0 Å². The van der Waals surface area contributed by atoms with Gasteiger partial charge in [-0.25, -0.2) is 0 Å². The van der Waals surface area contributed by atoms with Crippen LogP contribution in [0.4, 0.5) is 0 Å². The van der Waals surface area contributed by atoms with Crippen molar-refractivity contribution in [2.24, 2.45) is 5.11 Å². The molecule has 0 N–H and O–H groups in total. The molecule has 0 aliphatic carbocycles. The summed E-state index contributed by atoms with van der Waals surface area (Å²) in [6.07, 6.45) is 0. The van der Waals surface area contributed by atoms with Gasteiger partial charge in [-0.1, -0.05) is 42.4 Å². The second-order valence-electron chi connectivity index (χ2n) is 5.77. The minimum absolute atomic E-state index is 0.161. The quantitative estimate of drug-likeness (QED) is 0.377. The predicted molar refractivity (Wildman–Crippen MR) is 93.9 cm³/mol. The average molecular weight is 321 g/mol. The van der Waals surface area contributed by atoms with E-state index in [4.69, 9.17) is 10.3 Å². The van der Waals surface area contributed by atoms with Gasteiger partial charge in [0, 0.05) is 22.9 Å². The van der Waals surface area contributed by atoms with Gasteiger partial charge in [0.15, 0.2) is 0 Å². The number of ether oxygens (including phenoxy) is 1. The van der Waals surface area contributed by atoms with E-state index in [1.165, 1.54) is 0 Å². The highest BCUT2D eigenvalue weighted by molar-refractivity contribution is 5.83. The van der Waals surface area contributed by atoms with Gasteiger partial charge in [-0.15, -0.1) is 0 Å². The minimum atomic E-state index is -0.161. The fourth-order valence-corrected chi connectivity index (χ4v) is 2.66. The maximum Gasteiger partial charge on any atom is 0.121 e. The standard InChI is InChI=1S/C18H19N5O/c1-13(20-22-19)11-23-18-10-16(8-9-17(18)14(2)21-23)24-12-15-6-4-3-5-7-15/h3-10,13H,11-12H2,1-2H3. The van der Waals surface area contributed by atoms with E-state index < -0.39 is 0 Å². The van der Waals surface area contributed by atoms with Crippen molar-refractivity contribution < 1.29 is 4.74 Å². The molecule has 1 aromatic heterocycles. The van der Waals surface area contributed by atoms with E-state index in [1.807, 2.05) is 67.1 Å². The van der Waals surface area contributed by atoms with Crippen molar-refractivity contribution in [1.29, 1.82) is 0 Å². The zero-order valence-corrected chi connectivity index (χ0v) is 13.8. The van der Waals surface area contributed by atoms with Crippen LogP contribution in [0.5, 0.6) is 5.75 Å². The number of azide groups is 1. The predicted octanol–water partition coefficient (Wildman–Crippen LogP) is 4.62. The van der Waals surface area contributed by atoms with E-state index in [0.717, 1.165) is 27.9 Å². The zero-order chi connectivity index (χ0) is 16.9. The summed E-state index contributed by atoms with van der Waals surface area (Å²) in [4.78, 5) is 2.86. The Kier molecular flexibility index (Phi) is 4.68. The Labute approximate surface area is 140 Å². The first-order valence-corrected chi connectivity index (χ1v) is 7.85. The maximum atomic E-state index is 8.56. The molecular weight excluding hydrogens is 302 g/mol. The molecule has 0 fully saturated rings. The molecule has 1 heterocycles. The number of nitrogens with zero attached hydrogens (tertiary/aromatic N) is 5. The average Bonchev–Trinajstić information content (AvgIpc) is 2.89. The van der Waals surface area contributed by atoms with Crippen molar-refractivity contribution in [3.8, 4) is 5.75 Å². The Morgan fingerprint density at radius 2 is 2.04 bits per heavy atom. The second kappa shape index (κ2) is 7.06. The number of rotatable bonds is 6. The van der Waals surface area contributed by atoms with Crippen LogP contribution in [0.25, 0.3) is 21.3 Å². The summed E-state index contributed by atoms with van der Waals surface area (Å²) in [5.74, 6) is 0.795. The van der Waals surface area contributed by atoms with Gasteiger partial charge in [0.2, 0.25) is 0 Å². The molecular formula is C18H19N5O. The van der Waals surface area contributed by atoms with Gasteiger partial charge >= 0.3 is 0 Å². The molecule has 3 rings (SSSR count). The summed E-state index contributed by atoms with van der Waals surface area (Å²) < 4.78 is 7.77. The van der Waals surface area contributed by atoms with Crippen LogP contribution in [0.3, 0.4) is 0 Å². The number of hydrogen-bond donors (Lipinski definition) is 0. The third-order valence-corrected chi connectivity index (χ3v) is 3.84. The van der Waals surface area contributed by atoms with Crippen LogP contribution in [-0.4, -0.2) is 15.8 Å². The van der Waals surface area contributed by atoms with Crippen LogP contribution < -0.4 is 4.74 Å². The van der Waals surface area contributed by atoms with Crippen LogP contribution in [0.2, 0.25) is 0 Å². The third kappa shape index (κ3) is 3.50. The van der Waals surface area contributed by atoms with Crippen molar-refractivity contribution in [2.75, 3.05) is 0 Å². The molecule has 1 unspecified atom stereocenters. The summed E-state index contributed by atoms with van der Waals surface area (Å²) >= 11 is 0. The van der Waals surface area contributed by atoms with E-state index in [-0.39, 0.29) is 6.04 Å². The third-order valence-electron chi connectivity index (χ3n) is 3.84. The van der Waals surface area contributed by atoms with Crippen molar-refractivity contribution in [3.05, 3.63) is 70.2 Å². The lowest BCUT2D eigenvalue weighted by Gasteiger charge is -2.09. The summed E-state index contributed by atoms with van der Waals surface area (Å²) in [6, 6.07) is 15.9. The Hall–Kier alpha value is -2.98. The van der Waals surface area contributed by atoms with Crippen LogP contribution in [0, 0.1) is 6.92 Å². The van der Waals surface area contributed by atoms with Crippen LogP contribution in [0.15, 0.2) is 53.6 Å². The largest absolute Gasteiger partial charge is 0.489 e. The van der Waals surface area contributed by atoms with Crippen molar-refractivity contribution >= 4 is 10.9 Å². The highest BCUT2D eigenvalue weighted by Crippen LogP contribution is 2.24. The normalized spacial score (nSPS) is 11.9. The van der Waals surface area contributed by atoms with E-state index in [9.17, 15) is 0 Å². The molecule has 3 aromatic rings. The summed E-state index contributed by atoms with van der Waals surface area (Å²) in [5, 5.41) is 9.35. The molecule has 6 heteroatoms. The Morgan fingerprint density at radius 3 is 2.79 bits per heavy atom. The molecule has 0 radical (unpaired) electrons. The van der Waals surface area contributed by atoms with Crippen molar-refractivity contribution in [3.63, 3.8) is 0 Å². The van der Waals surface area contributed by atoms with Gasteiger partial charge in [0.1, 0.15) is 12.4 Å². The van der Waals surface area contributed by atoms with Crippen LogP contribution in [0.1, 0.15) is 18.2 Å². The van der Waals surface area contributed by atoms with E-state index in [0.29, 0.717) is 13.2 Å². The van der Waals surface area contributed by atoms with E-state index in [1.54, 1.807) is 0 Å². The highest BCUT2D eigenvalue weighted by atomic mass is 16.5. The van der Waals surface area contributed by atoms with Gasteiger partial charge < -0.3 is 4.74 Å². The van der Waals surface area contributed by atoms with E-state index >= 15 is 0 Å². The molecule has 0 amide bonds. The molecule has 0 saturated heterocycles. The van der Waals surface area contributed by atoms with Gasteiger partial charge in [-0.3, -0.25) is 4.68 Å². The molecule has 2 aromatic carbocycles. The molecule has 1 atom stereocenters. The minimum Gasteiger partial charge on any atom is -0.489 e. The number of hydrogen-bond acceptors (Lipinski definition) is 3. The first kappa shape index (κ1) is 15.9. The topological polar surface area (TPSA) is 75.8 Å². The SMILES string of the molecule is Cc1nn(CC(C)N=[N+]=[N-])c2cc(OCc3ccccc3)ccc12. The lowest BCUT2D eigenvalue weighted by molar-refractivity contribution is 0.306. The smallest absolute Gasteiger partial charge is 0.121 e. The highest BCUT2D eigenvalue weighted by Gasteiger charge is 2.11. The molecule has 0 aliphatic heterocycles. The molecule has 122 valence electrons. The number of fused-ring (bicyclic) bond motifs is 1. The fourth-order valence-electron chi connectivity index (χ4n) is 2.66. The molecule has 24 heavy (non-hydrogen) atoms. The van der Waals surface area contributed by atoms with Gasteiger partial charge in [-0.05, 0) is 30.2 Å². The fraction of sp³-hybridized carbons (Fsp3) is 0.278. The second-order valence-corrected chi connectivity index (χ2v) is 5.77. The molecule has 0 aliphatic rings. The Bertz CT molecular complexity index is 881. The first-order chi connectivity index (χ1) is 11.7. The summed E-state index contributed by atoms with van der Waals surface area (Å²) in [6.45, 7) is 4.91. The zero-order valence-electron chi connectivity index (χ0n) is 13.8. The molecule has 0 bridgehead atoms. The first-order valence-electron chi connectivity index (χ1n) is 7.85. The monoisotopic (exact) mass is 321 g/mol.